The molecule has 1 N–H and O–H groups in total. The molecule has 0 fully saturated rings. The lowest BCUT2D eigenvalue weighted by Crippen LogP contribution is -2.47. The van der Waals surface area contributed by atoms with Crippen molar-refractivity contribution >= 4 is 17.7 Å². The lowest BCUT2D eigenvalue weighted by atomic mass is 10.1. The molecule has 0 spiro atoms. The number of amides is 3. The van der Waals surface area contributed by atoms with Crippen molar-refractivity contribution in [3.63, 3.8) is 0 Å². The summed E-state index contributed by atoms with van der Waals surface area (Å²) in [6.45, 7) is 1.10. The number of imide groups is 1. The predicted molar refractivity (Wildman–Crippen MR) is 91.4 cm³/mol. The quantitative estimate of drug-likeness (QED) is 0.794. The maximum atomic E-state index is 12.5. The van der Waals surface area contributed by atoms with Gasteiger partial charge in [-0.2, -0.15) is 0 Å². The Labute approximate surface area is 157 Å². The smallest absolute Gasteiger partial charge is 0.405 e. The zero-order valence-corrected chi connectivity index (χ0v) is 14.6. The molecule has 1 unspecified atom stereocenters. The first-order valence-electron chi connectivity index (χ1n) is 8.27. The van der Waals surface area contributed by atoms with E-state index in [9.17, 15) is 27.6 Å². The van der Waals surface area contributed by atoms with Crippen molar-refractivity contribution in [2.24, 2.45) is 0 Å². The molecule has 6 nitrogen and oxygen atoms in total. The van der Waals surface area contributed by atoms with Crippen LogP contribution in [0.4, 0.5) is 13.2 Å². The molecule has 0 aliphatic carbocycles. The van der Waals surface area contributed by atoms with E-state index in [1.165, 1.54) is 37.3 Å². The first kappa shape index (κ1) is 19.4. The van der Waals surface area contributed by atoms with Crippen LogP contribution in [0.1, 0.15) is 33.2 Å². The van der Waals surface area contributed by atoms with E-state index < -0.39 is 35.9 Å². The Hall–Kier alpha value is -3.36. The molecule has 9 heteroatoms. The highest BCUT2D eigenvalue weighted by Gasteiger charge is 2.40. The first-order valence-corrected chi connectivity index (χ1v) is 8.27. The van der Waals surface area contributed by atoms with Gasteiger partial charge in [-0.1, -0.05) is 30.3 Å². The van der Waals surface area contributed by atoms with Crippen LogP contribution in [0.2, 0.25) is 0 Å². The van der Waals surface area contributed by atoms with Gasteiger partial charge in [0.1, 0.15) is 11.8 Å². The molecule has 2 aromatic rings. The summed E-state index contributed by atoms with van der Waals surface area (Å²) >= 11 is 0. The van der Waals surface area contributed by atoms with Gasteiger partial charge in [-0.25, -0.2) is 0 Å². The van der Waals surface area contributed by atoms with Gasteiger partial charge in [0.05, 0.1) is 11.1 Å². The molecule has 1 aliphatic heterocycles. The maximum Gasteiger partial charge on any atom is 0.573 e. The van der Waals surface area contributed by atoms with Gasteiger partial charge < -0.3 is 10.1 Å². The van der Waals surface area contributed by atoms with E-state index in [2.05, 4.69) is 10.1 Å². The zero-order chi connectivity index (χ0) is 20.5. The minimum atomic E-state index is -4.87. The Kier molecular flexibility index (Phi) is 5.08. The Morgan fingerprint density at radius 3 is 2.14 bits per heavy atom. The highest BCUT2D eigenvalue weighted by atomic mass is 19.4. The molecule has 3 amide bonds. The number of halogens is 3. The Balaban J connectivity index is 1.70. The standard InChI is InChI=1S/C19H15F3N2O4/c1-11(24-17(26)13-7-3-4-8-14(13)18(24)27)16(25)23-10-12-6-2-5-9-15(12)28-19(20,21)22/h2-9,11H,10H2,1H3,(H,23,25). The number of carbonyl (C=O) groups excluding carboxylic acids is 3. The van der Waals surface area contributed by atoms with E-state index in [-0.39, 0.29) is 23.2 Å². The summed E-state index contributed by atoms with van der Waals surface area (Å²) in [7, 11) is 0. The van der Waals surface area contributed by atoms with Gasteiger partial charge in [-0.15, -0.1) is 13.2 Å². The van der Waals surface area contributed by atoms with E-state index in [4.69, 9.17) is 0 Å². The fourth-order valence-electron chi connectivity index (χ4n) is 2.88. The molecule has 1 atom stereocenters. The molecule has 0 aromatic heterocycles. The van der Waals surface area contributed by atoms with Crippen LogP contribution in [-0.2, 0) is 11.3 Å². The third kappa shape index (κ3) is 3.83. The number of hydrogen-bond acceptors (Lipinski definition) is 4. The topological polar surface area (TPSA) is 75.7 Å². The highest BCUT2D eigenvalue weighted by Crippen LogP contribution is 2.27. The molecule has 1 aliphatic rings. The molecule has 0 saturated carbocycles. The number of rotatable bonds is 5. The van der Waals surface area contributed by atoms with Crippen molar-refractivity contribution in [2.75, 3.05) is 0 Å². The van der Waals surface area contributed by atoms with E-state index in [0.29, 0.717) is 0 Å². The Morgan fingerprint density at radius 2 is 1.57 bits per heavy atom. The predicted octanol–water partition coefficient (Wildman–Crippen LogP) is 2.89. The van der Waals surface area contributed by atoms with E-state index >= 15 is 0 Å². The summed E-state index contributed by atoms with van der Waals surface area (Å²) in [4.78, 5) is 38.1. The summed E-state index contributed by atoms with van der Waals surface area (Å²) < 4.78 is 41.4. The number of hydrogen-bond donors (Lipinski definition) is 1. The van der Waals surface area contributed by atoms with Gasteiger partial charge in [-0.3, -0.25) is 19.3 Å². The number of para-hydroxylation sites is 1. The van der Waals surface area contributed by atoms with Gasteiger partial charge in [0.15, 0.2) is 0 Å². The van der Waals surface area contributed by atoms with Crippen molar-refractivity contribution in [3.05, 3.63) is 65.2 Å². The minimum absolute atomic E-state index is 0.0998. The normalized spacial score (nSPS) is 14.6. The van der Waals surface area contributed by atoms with Crippen LogP contribution in [0.15, 0.2) is 48.5 Å². The molecule has 3 rings (SSSR count). The third-order valence-electron chi connectivity index (χ3n) is 4.24. The van der Waals surface area contributed by atoms with Gasteiger partial charge >= 0.3 is 6.36 Å². The maximum absolute atomic E-state index is 12.5. The Bertz CT molecular complexity index is 908. The lowest BCUT2D eigenvalue weighted by molar-refractivity contribution is -0.274. The number of ether oxygens (including phenoxy) is 1. The van der Waals surface area contributed by atoms with Gasteiger partial charge in [0.25, 0.3) is 11.8 Å². The fraction of sp³-hybridized carbons (Fsp3) is 0.211. The average molecular weight is 392 g/mol. The second-order valence-electron chi connectivity index (χ2n) is 6.08. The monoisotopic (exact) mass is 392 g/mol. The van der Waals surface area contributed by atoms with Crippen LogP contribution >= 0.6 is 0 Å². The number of carbonyl (C=O) groups is 3. The van der Waals surface area contributed by atoms with Crippen molar-refractivity contribution in [3.8, 4) is 5.75 Å². The second kappa shape index (κ2) is 7.34. The minimum Gasteiger partial charge on any atom is -0.405 e. The summed E-state index contributed by atoms with van der Waals surface area (Å²) in [5, 5.41) is 2.44. The van der Waals surface area contributed by atoms with Crippen LogP contribution in [0.3, 0.4) is 0 Å². The molecular formula is C19H15F3N2O4. The molecule has 1 heterocycles. The molecule has 2 aromatic carbocycles. The van der Waals surface area contributed by atoms with Crippen molar-refractivity contribution < 1.29 is 32.3 Å². The molecule has 146 valence electrons. The van der Waals surface area contributed by atoms with Crippen LogP contribution in [0, 0.1) is 0 Å². The van der Waals surface area contributed by atoms with Crippen LogP contribution in [0.25, 0.3) is 0 Å². The largest absolute Gasteiger partial charge is 0.573 e. The summed E-state index contributed by atoms with van der Waals surface area (Å²) in [5.41, 5.74) is 0.509. The average Bonchev–Trinajstić information content (AvgIpc) is 2.90. The number of benzene rings is 2. The summed E-state index contributed by atoms with van der Waals surface area (Å²) in [6.07, 6.45) is -4.87. The second-order valence-corrected chi connectivity index (χ2v) is 6.08. The van der Waals surface area contributed by atoms with Crippen molar-refractivity contribution in [1.29, 1.82) is 0 Å². The number of nitrogens with zero attached hydrogens (tertiary/aromatic N) is 1. The van der Waals surface area contributed by atoms with Gasteiger partial charge in [-0.05, 0) is 25.1 Å². The zero-order valence-electron chi connectivity index (χ0n) is 14.6. The van der Waals surface area contributed by atoms with Crippen molar-refractivity contribution in [2.45, 2.75) is 25.9 Å². The number of fused-ring (bicyclic) bond motifs is 1. The highest BCUT2D eigenvalue weighted by molar-refractivity contribution is 6.22. The van der Waals surface area contributed by atoms with E-state index in [1.807, 2.05) is 0 Å². The fourth-order valence-corrected chi connectivity index (χ4v) is 2.88. The van der Waals surface area contributed by atoms with E-state index in [1.54, 1.807) is 12.1 Å². The number of nitrogens with one attached hydrogen (secondary N) is 1. The lowest BCUT2D eigenvalue weighted by Gasteiger charge is -2.22. The third-order valence-corrected chi connectivity index (χ3v) is 4.24. The van der Waals surface area contributed by atoms with Crippen LogP contribution in [-0.4, -0.2) is 35.0 Å². The van der Waals surface area contributed by atoms with Crippen LogP contribution in [0.5, 0.6) is 5.75 Å². The molecule has 0 radical (unpaired) electrons. The Morgan fingerprint density at radius 1 is 1.04 bits per heavy atom. The summed E-state index contributed by atoms with van der Waals surface area (Å²) in [6, 6.07) is 10.4. The molecule has 0 bridgehead atoms. The SMILES string of the molecule is CC(C(=O)NCc1ccccc1OC(F)(F)F)N1C(=O)c2ccccc2C1=O. The molecule has 28 heavy (non-hydrogen) atoms. The molecule has 0 saturated heterocycles. The van der Waals surface area contributed by atoms with Crippen LogP contribution < -0.4 is 10.1 Å². The first-order chi connectivity index (χ1) is 13.2. The van der Waals surface area contributed by atoms with Gasteiger partial charge in [0.2, 0.25) is 5.91 Å². The van der Waals surface area contributed by atoms with Crippen molar-refractivity contribution in [1.82, 2.24) is 10.2 Å². The van der Waals surface area contributed by atoms with Gasteiger partial charge in [0, 0.05) is 12.1 Å². The summed E-state index contributed by atoms with van der Waals surface area (Å²) in [5.74, 6) is -2.31. The van der Waals surface area contributed by atoms with E-state index in [0.717, 1.165) is 11.0 Å². The molecular weight excluding hydrogens is 377 g/mol. The number of alkyl halides is 3.